The molecule has 0 heterocycles. The van der Waals surface area contributed by atoms with Crippen molar-refractivity contribution in [3.63, 3.8) is 0 Å². The van der Waals surface area contributed by atoms with E-state index in [1.165, 1.54) is 31.3 Å². The van der Waals surface area contributed by atoms with E-state index in [2.05, 4.69) is 36.4 Å². The van der Waals surface area contributed by atoms with E-state index in [9.17, 15) is 0 Å². The van der Waals surface area contributed by atoms with Gasteiger partial charge < -0.3 is 0 Å². The summed E-state index contributed by atoms with van der Waals surface area (Å²) in [6.07, 6.45) is 4.97. The minimum Gasteiger partial charge on any atom is -0.100 e. The molecule has 0 N–H and O–H groups in total. The third-order valence-corrected chi connectivity index (χ3v) is 2.67. The quantitative estimate of drug-likeness (QED) is 0.471. The van der Waals surface area contributed by atoms with E-state index in [0.29, 0.717) is 4.83 Å². The number of rotatable bonds is 5. The first-order valence-corrected chi connectivity index (χ1v) is 4.86. The molecule has 60 valence electrons. The van der Waals surface area contributed by atoms with Crippen LogP contribution in [0.4, 0.5) is 0 Å². The Bertz CT molecular complexity index is 96.9. The number of halogens is 1. The van der Waals surface area contributed by atoms with Gasteiger partial charge in [-0.1, -0.05) is 28.4 Å². The molecule has 0 aliphatic rings. The summed E-state index contributed by atoms with van der Waals surface area (Å²) in [5.74, 6) is 0. The van der Waals surface area contributed by atoms with E-state index in [1.54, 1.807) is 0 Å². The van der Waals surface area contributed by atoms with Crippen molar-refractivity contribution >= 4 is 15.9 Å². The molecule has 0 fully saturated rings. The predicted octanol–water partition coefficient (Wildman–Crippen LogP) is 3.91. The zero-order valence-electron chi connectivity index (χ0n) is 6.99. The first-order valence-electron chi connectivity index (χ1n) is 3.95. The lowest BCUT2D eigenvalue weighted by molar-refractivity contribution is 0.687. The molecule has 0 bridgehead atoms. The highest BCUT2D eigenvalue weighted by Crippen LogP contribution is 2.14. The maximum absolute atomic E-state index is 3.86. The van der Waals surface area contributed by atoms with Gasteiger partial charge in [0.1, 0.15) is 0 Å². The van der Waals surface area contributed by atoms with E-state index >= 15 is 0 Å². The van der Waals surface area contributed by atoms with Crippen LogP contribution in [0.5, 0.6) is 0 Å². The molecule has 1 unspecified atom stereocenters. The molecule has 0 aromatic heterocycles. The summed E-state index contributed by atoms with van der Waals surface area (Å²) in [5.41, 5.74) is 1.30. The van der Waals surface area contributed by atoms with Gasteiger partial charge in [-0.25, -0.2) is 0 Å². The molecular formula is C9H17Br. The minimum absolute atomic E-state index is 0.715. The predicted molar refractivity (Wildman–Crippen MR) is 51.7 cm³/mol. The summed E-state index contributed by atoms with van der Waals surface area (Å²) >= 11 is 3.60. The Kier molecular flexibility index (Phi) is 6.10. The Morgan fingerprint density at radius 2 is 2.20 bits per heavy atom. The van der Waals surface area contributed by atoms with Crippen molar-refractivity contribution in [2.24, 2.45) is 0 Å². The number of allylic oxidation sites excluding steroid dienone is 1. The maximum Gasteiger partial charge on any atom is 0.0143 e. The number of alkyl halides is 1. The van der Waals surface area contributed by atoms with Crippen LogP contribution in [-0.2, 0) is 0 Å². The number of hydrogen-bond donors (Lipinski definition) is 0. The summed E-state index contributed by atoms with van der Waals surface area (Å²) in [7, 11) is 0. The van der Waals surface area contributed by atoms with Gasteiger partial charge in [0.05, 0.1) is 0 Å². The van der Waals surface area contributed by atoms with Crippen molar-refractivity contribution in [1.82, 2.24) is 0 Å². The van der Waals surface area contributed by atoms with Gasteiger partial charge in [0.2, 0.25) is 0 Å². The fourth-order valence-electron chi connectivity index (χ4n) is 0.829. The Labute approximate surface area is 72.8 Å². The summed E-state index contributed by atoms with van der Waals surface area (Å²) in [6, 6.07) is 0. The fourth-order valence-corrected chi connectivity index (χ4v) is 1.15. The second-order valence-electron chi connectivity index (χ2n) is 2.85. The highest BCUT2D eigenvalue weighted by Gasteiger charge is 1.98. The van der Waals surface area contributed by atoms with Crippen molar-refractivity contribution in [3.05, 3.63) is 12.2 Å². The second kappa shape index (κ2) is 5.96. The molecule has 0 saturated heterocycles. The van der Waals surface area contributed by atoms with Crippen LogP contribution in [0.3, 0.4) is 0 Å². The summed E-state index contributed by atoms with van der Waals surface area (Å²) in [6.45, 7) is 8.16. The monoisotopic (exact) mass is 204 g/mol. The summed E-state index contributed by atoms with van der Waals surface area (Å²) in [4.78, 5) is 0.715. The van der Waals surface area contributed by atoms with E-state index < -0.39 is 0 Å². The van der Waals surface area contributed by atoms with Crippen molar-refractivity contribution in [2.75, 3.05) is 0 Å². The fraction of sp³-hybridized carbons (Fsp3) is 0.778. The highest BCUT2D eigenvalue weighted by molar-refractivity contribution is 9.09. The van der Waals surface area contributed by atoms with Gasteiger partial charge in [0, 0.05) is 4.83 Å². The smallest absolute Gasteiger partial charge is 0.0143 e. The molecule has 0 aliphatic carbocycles. The van der Waals surface area contributed by atoms with Gasteiger partial charge in [0.15, 0.2) is 0 Å². The Morgan fingerprint density at radius 1 is 1.60 bits per heavy atom. The van der Waals surface area contributed by atoms with Crippen molar-refractivity contribution in [1.29, 1.82) is 0 Å². The third kappa shape index (κ3) is 6.34. The molecule has 0 rings (SSSR count). The average Bonchev–Trinajstić information content (AvgIpc) is 1.87. The molecule has 0 amide bonds. The molecule has 1 atom stereocenters. The normalized spacial score (nSPS) is 13.1. The molecule has 0 radical (unpaired) electrons. The molecule has 1 heteroatoms. The summed E-state index contributed by atoms with van der Waals surface area (Å²) < 4.78 is 0. The lowest BCUT2D eigenvalue weighted by Crippen LogP contribution is -1.94. The van der Waals surface area contributed by atoms with Crippen LogP contribution in [0.15, 0.2) is 12.2 Å². The van der Waals surface area contributed by atoms with Crippen LogP contribution < -0.4 is 0 Å². The van der Waals surface area contributed by atoms with Crippen LogP contribution in [0.2, 0.25) is 0 Å². The lowest BCUT2D eigenvalue weighted by Gasteiger charge is -2.04. The van der Waals surface area contributed by atoms with Gasteiger partial charge in [0.25, 0.3) is 0 Å². The van der Waals surface area contributed by atoms with Gasteiger partial charge in [-0.15, -0.1) is 6.58 Å². The number of hydrogen-bond acceptors (Lipinski definition) is 0. The lowest BCUT2D eigenvalue weighted by atomic mass is 10.1. The van der Waals surface area contributed by atoms with E-state index in [4.69, 9.17) is 0 Å². The Morgan fingerprint density at radius 3 is 2.60 bits per heavy atom. The third-order valence-electron chi connectivity index (χ3n) is 1.56. The molecule has 10 heavy (non-hydrogen) atoms. The molecule has 0 aromatic carbocycles. The zero-order chi connectivity index (χ0) is 7.98. The van der Waals surface area contributed by atoms with Crippen LogP contribution in [0.1, 0.15) is 39.5 Å². The van der Waals surface area contributed by atoms with Gasteiger partial charge >= 0.3 is 0 Å². The van der Waals surface area contributed by atoms with E-state index in [0.717, 1.165) is 0 Å². The second-order valence-corrected chi connectivity index (χ2v) is 4.15. The SMILES string of the molecule is C=C(C)CCCC(Br)CC. The molecular weight excluding hydrogens is 188 g/mol. The van der Waals surface area contributed by atoms with Crippen molar-refractivity contribution in [3.8, 4) is 0 Å². The Hall–Kier alpha value is 0.220. The summed E-state index contributed by atoms with van der Waals surface area (Å²) in [5, 5.41) is 0. The van der Waals surface area contributed by atoms with Crippen LogP contribution in [-0.4, -0.2) is 4.83 Å². The van der Waals surface area contributed by atoms with Crippen LogP contribution >= 0.6 is 15.9 Å². The van der Waals surface area contributed by atoms with E-state index in [1.807, 2.05) is 0 Å². The first kappa shape index (κ1) is 10.2. The van der Waals surface area contributed by atoms with Crippen molar-refractivity contribution < 1.29 is 0 Å². The van der Waals surface area contributed by atoms with Gasteiger partial charge in [-0.05, 0) is 32.6 Å². The van der Waals surface area contributed by atoms with Gasteiger partial charge in [-0.2, -0.15) is 0 Å². The van der Waals surface area contributed by atoms with Crippen molar-refractivity contribution in [2.45, 2.75) is 44.4 Å². The first-order chi connectivity index (χ1) is 4.66. The standard InChI is InChI=1S/C9H17Br/c1-4-9(10)7-5-6-8(2)3/h9H,2,4-7H2,1,3H3. The van der Waals surface area contributed by atoms with Crippen LogP contribution in [0.25, 0.3) is 0 Å². The molecule has 0 saturated carbocycles. The maximum atomic E-state index is 3.86. The molecule has 0 spiro atoms. The van der Waals surface area contributed by atoms with E-state index in [-0.39, 0.29) is 0 Å². The topological polar surface area (TPSA) is 0 Å². The average molecular weight is 205 g/mol. The molecule has 0 aliphatic heterocycles. The van der Waals surface area contributed by atoms with Gasteiger partial charge in [-0.3, -0.25) is 0 Å². The molecule has 0 nitrogen and oxygen atoms in total. The Balaban J connectivity index is 3.11. The van der Waals surface area contributed by atoms with Crippen LogP contribution in [0, 0.1) is 0 Å². The largest absolute Gasteiger partial charge is 0.100 e. The zero-order valence-corrected chi connectivity index (χ0v) is 8.58. The highest BCUT2D eigenvalue weighted by atomic mass is 79.9. The minimum atomic E-state index is 0.715. The molecule has 0 aromatic rings.